The van der Waals surface area contributed by atoms with Gasteiger partial charge in [0.2, 0.25) is 0 Å². The molecular formula is C4H12OP2. The molecule has 0 aromatic rings. The monoisotopic (exact) mass is 138 g/mol. The fourth-order valence-electron chi connectivity index (χ4n) is 0.102. The average molecular weight is 138 g/mol. The summed E-state index contributed by atoms with van der Waals surface area (Å²) in [6, 6.07) is 0. The molecular weight excluding hydrogens is 126 g/mol. The van der Waals surface area contributed by atoms with Crippen LogP contribution in [0.5, 0.6) is 0 Å². The topological polar surface area (TPSA) is 9.23 Å². The highest BCUT2D eigenvalue weighted by atomic mass is 31.1. The van der Waals surface area contributed by atoms with Crippen molar-refractivity contribution >= 4 is 17.8 Å². The molecule has 7 heavy (non-hydrogen) atoms. The third kappa shape index (κ3) is 3.41. The van der Waals surface area contributed by atoms with Crippen molar-refractivity contribution in [2.45, 2.75) is 12.0 Å². The van der Waals surface area contributed by atoms with Crippen LogP contribution in [0.4, 0.5) is 0 Å². The van der Waals surface area contributed by atoms with Crippen LogP contribution in [-0.4, -0.2) is 18.9 Å². The second kappa shape index (κ2) is 2.97. The molecule has 3 heteroatoms. The van der Waals surface area contributed by atoms with Gasteiger partial charge in [-0.15, -0.1) is 0 Å². The number of ether oxygens (including phenoxy) is 1. The van der Waals surface area contributed by atoms with Gasteiger partial charge >= 0.3 is 0 Å². The van der Waals surface area contributed by atoms with Crippen LogP contribution in [0.3, 0.4) is 0 Å². The fourth-order valence-corrected chi connectivity index (χ4v) is 0.306. The second-order valence-corrected chi connectivity index (χ2v) is 4.73. The third-order valence-electron chi connectivity index (χ3n) is 0.920. The van der Waals surface area contributed by atoms with Gasteiger partial charge in [-0.2, -0.15) is 0 Å². The van der Waals surface area contributed by atoms with E-state index in [1.165, 1.54) is 0 Å². The standard InChI is InChI=1S/C4H12OP2/c1-4(6,5-2)7-3/h7H,6H2,1-3H3. The summed E-state index contributed by atoms with van der Waals surface area (Å²) in [6.07, 6.45) is 0. The van der Waals surface area contributed by atoms with E-state index in [0.29, 0.717) is 0 Å². The Morgan fingerprint density at radius 1 is 1.71 bits per heavy atom. The Morgan fingerprint density at radius 3 is 2.14 bits per heavy atom. The maximum absolute atomic E-state index is 5.06. The predicted molar refractivity (Wildman–Crippen MR) is 39.4 cm³/mol. The van der Waals surface area contributed by atoms with Gasteiger partial charge in [-0.3, -0.25) is 0 Å². The molecule has 0 aliphatic carbocycles. The second-order valence-electron chi connectivity index (χ2n) is 1.56. The summed E-state index contributed by atoms with van der Waals surface area (Å²) in [6.45, 7) is 4.17. The third-order valence-corrected chi connectivity index (χ3v) is 3.22. The number of hydrogen-bond acceptors (Lipinski definition) is 1. The van der Waals surface area contributed by atoms with Crippen LogP contribution in [0.15, 0.2) is 0 Å². The van der Waals surface area contributed by atoms with Gasteiger partial charge < -0.3 is 4.74 Å². The minimum absolute atomic E-state index is 0.0278. The van der Waals surface area contributed by atoms with E-state index in [1.807, 2.05) is 0 Å². The molecule has 3 unspecified atom stereocenters. The summed E-state index contributed by atoms with van der Waals surface area (Å²) in [7, 11) is 5.21. The first kappa shape index (κ1) is 7.82. The van der Waals surface area contributed by atoms with E-state index in [-0.39, 0.29) is 5.08 Å². The summed E-state index contributed by atoms with van der Waals surface area (Å²) >= 11 is 0. The molecule has 0 aromatic heterocycles. The van der Waals surface area contributed by atoms with Gasteiger partial charge in [-0.05, 0) is 13.6 Å². The van der Waals surface area contributed by atoms with E-state index in [0.717, 1.165) is 8.58 Å². The highest BCUT2D eigenvalue weighted by Crippen LogP contribution is 2.34. The fraction of sp³-hybridized carbons (Fsp3) is 1.00. The summed E-state index contributed by atoms with van der Waals surface area (Å²) in [5, 5.41) is 0.0278. The van der Waals surface area contributed by atoms with Gasteiger partial charge in [0.15, 0.2) is 0 Å². The average Bonchev–Trinajstić information content (AvgIpc) is 1.68. The molecule has 0 aromatic carbocycles. The summed E-state index contributed by atoms with van der Waals surface area (Å²) in [5.74, 6) is 0. The van der Waals surface area contributed by atoms with E-state index in [1.54, 1.807) is 7.11 Å². The molecule has 0 bridgehead atoms. The van der Waals surface area contributed by atoms with Crippen LogP contribution in [0, 0.1) is 0 Å². The molecule has 0 fully saturated rings. The molecule has 0 heterocycles. The van der Waals surface area contributed by atoms with Crippen molar-refractivity contribution in [3.05, 3.63) is 0 Å². The molecule has 0 amide bonds. The highest BCUT2D eigenvalue weighted by molar-refractivity contribution is 7.50. The smallest absolute Gasteiger partial charge is 0.0933 e. The Balaban J connectivity index is 3.36. The SMILES string of the molecule is COC(C)(P)PC. The van der Waals surface area contributed by atoms with Crippen molar-refractivity contribution in [1.82, 2.24) is 0 Å². The van der Waals surface area contributed by atoms with Gasteiger partial charge in [0.25, 0.3) is 0 Å². The molecule has 3 atom stereocenters. The van der Waals surface area contributed by atoms with Crippen molar-refractivity contribution in [2.75, 3.05) is 13.8 Å². The largest absolute Gasteiger partial charge is 0.370 e. The van der Waals surface area contributed by atoms with Gasteiger partial charge in [0, 0.05) is 7.11 Å². The van der Waals surface area contributed by atoms with Crippen molar-refractivity contribution < 1.29 is 4.74 Å². The molecule has 0 aliphatic rings. The van der Waals surface area contributed by atoms with Crippen LogP contribution in [-0.2, 0) is 4.74 Å². The quantitative estimate of drug-likeness (QED) is 0.525. The minimum atomic E-state index is 0.0278. The maximum Gasteiger partial charge on any atom is 0.0933 e. The molecule has 0 saturated carbocycles. The Kier molecular flexibility index (Phi) is 3.32. The maximum atomic E-state index is 5.06. The molecule has 0 rings (SSSR count). The van der Waals surface area contributed by atoms with E-state index >= 15 is 0 Å². The lowest BCUT2D eigenvalue weighted by atomic mass is 10.8. The molecule has 44 valence electrons. The Morgan fingerprint density at radius 2 is 2.14 bits per heavy atom. The Hall–Kier alpha value is 0.820. The van der Waals surface area contributed by atoms with Gasteiger partial charge in [0.05, 0.1) is 5.08 Å². The Labute approximate surface area is 49.2 Å². The van der Waals surface area contributed by atoms with Crippen molar-refractivity contribution in [2.24, 2.45) is 0 Å². The first-order valence-corrected chi connectivity index (χ1v) is 4.23. The zero-order chi connectivity index (χ0) is 5.91. The Bertz CT molecular complexity index is 47.7. The van der Waals surface area contributed by atoms with Crippen LogP contribution in [0.25, 0.3) is 0 Å². The summed E-state index contributed by atoms with van der Waals surface area (Å²) in [5.41, 5.74) is 0. The van der Waals surface area contributed by atoms with Crippen LogP contribution in [0.2, 0.25) is 0 Å². The molecule has 0 radical (unpaired) electrons. The summed E-state index contributed by atoms with van der Waals surface area (Å²) in [4.78, 5) is 0. The predicted octanol–water partition coefficient (Wildman–Crippen LogP) is 1.49. The van der Waals surface area contributed by atoms with E-state index < -0.39 is 0 Å². The van der Waals surface area contributed by atoms with E-state index in [9.17, 15) is 0 Å². The first-order valence-electron chi connectivity index (χ1n) is 2.15. The molecule has 0 saturated heterocycles. The number of methoxy groups -OCH3 is 1. The number of rotatable bonds is 2. The molecule has 0 aliphatic heterocycles. The van der Waals surface area contributed by atoms with Crippen molar-refractivity contribution in [1.29, 1.82) is 0 Å². The number of hydrogen-bond donors (Lipinski definition) is 0. The molecule has 0 N–H and O–H groups in total. The first-order chi connectivity index (χ1) is 3.12. The van der Waals surface area contributed by atoms with Crippen LogP contribution >= 0.6 is 17.8 Å². The molecule has 1 nitrogen and oxygen atoms in total. The van der Waals surface area contributed by atoms with E-state index in [2.05, 4.69) is 22.8 Å². The lowest BCUT2D eigenvalue weighted by molar-refractivity contribution is 0.158. The minimum Gasteiger partial charge on any atom is -0.370 e. The van der Waals surface area contributed by atoms with Crippen LogP contribution < -0.4 is 0 Å². The van der Waals surface area contributed by atoms with Gasteiger partial charge in [0.1, 0.15) is 0 Å². The molecule has 0 spiro atoms. The van der Waals surface area contributed by atoms with Crippen molar-refractivity contribution in [3.63, 3.8) is 0 Å². The normalized spacial score (nSPS) is 20.6. The lowest BCUT2D eigenvalue weighted by Crippen LogP contribution is -2.08. The van der Waals surface area contributed by atoms with Gasteiger partial charge in [-0.1, -0.05) is 17.8 Å². The highest BCUT2D eigenvalue weighted by Gasteiger charge is 2.10. The van der Waals surface area contributed by atoms with Crippen LogP contribution in [0.1, 0.15) is 6.92 Å². The zero-order valence-corrected chi connectivity index (χ0v) is 7.14. The van der Waals surface area contributed by atoms with Crippen molar-refractivity contribution in [3.8, 4) is 0 Å². The lowest BCUT2D eigenvalue weighted by Gasteiger charge is -2.19. The van der Waals surface area contributed by atoms with Gasteiger partial charge in [-0.25, -0.2) is 0 Å². The zero-order valence-electron chi connectivity index (χ0n) is 4.99. The van der Waals surface area contributed by atoms with E-state index in [4.69, 9.17) is 4.74 Å². The summed E-state index contributed by atoms with van der Waals surface area (Å²) < 4.78 is 5.06.